The van der Waals surface area contributed by atoms with E-state index in [9.17, 15) is 19.5 Å². The molecular weight excluding hydrogens is 330 g/mol. The number of nitrogens with zero attached hydrogens (tertiary/aromatic N) is 1. The molecule has 0 radical (unpaired) electrons. The van der Waals surface area contributed by atoms with Crippen LogP contribution >= 0.6 is 11.8 Å². The zero-order chi connectivity index (χ0) is 17.6. The van der Waals surface area contributed by atoms with Crippen LogP contribution < -0.4 is 11.1 Å². The van der Waals surface area contributed by atoms with E-state index in [4.69, 9.17) is 5.73 Å². The molecule has 0 spiro atoms. The number of carboxylic acids is 1. The fourth-order valence-electron chi connectivity index (χ4n) is 3.70. The smallest absolute Gasteiger partial charge is 0.327 e. The monoisotopic (exact) mass is 353 g/mol. The Morgan fingerprint density at radius 3 is 2.75 bits per heavy atom. The minimum Gasteiger partial charge on any atom is -0.480 e. The van der Waals surface area contributed by atoms with Crippen molar-refractivity contribution in [3.63, 3.8) is 0 Å². The highest BCUT2D eigenvalue weighted by Gasteiger charge is 2.64. The number of thioether (sulfide) groups is 1. The van der Waals surface area contributed by atoms with E-state index < -0.39 is 28.8 Å². The van der Waals surface area contributed by atoms with E-state index >= 15 is 0 Å². The summed E-state index contributed by atoms with van der Waals surface area (Å²) >= 11 is 1.41. The minimum absolute atomic E-state index is 0.343. The lowest BCUT2D eigenvalue weighted by Crippen LogP contribution is -2.71. The SMILES string of the molecule is CC1(C)S[C@@H]2[C@H](NC(=O)C(N)C3=CCCCC3)C(=O)N2[C@H]1C(=O)O. The first kappa shape index (κ1) is 17.3. The summed E-state index contributed by atoms with van der Waals surface area (Å²) in [5, 5.41) is 11.8. The van der Waals surface area contributed by atoms with Crippen LogP contribution in [0.5, 0.6) is 0 Å². The molecule has 0 aromatic carbocycles. The molecule has 7 nitrogen and oxygen atoms in total. The predicted molar refractivity (Wildman–Crippen MR) is 90.2 cm³/mol. The van der Waals surface area contributed by atoms with Crippen molar-refractivity contribution in [2.45, 2.75) is 67.8 Å². The van der Waals surface area contributed by atoms with Crippen LogP contribution in [0.4, 0.5) is 0 Å². The van der Waals surface area contributed by atoms with Crippen LogP contribution in [0.25, 0.3) is 0 Å². The molecule has 0 aromatic rings. The van der Waals surface area contributed by atoms with Gasteiger partial charge in [0.1, 0.15) is 23.5 Å². The van der Waals surface area contributed by atoms with Gasteiger partial charge in [-0.25, -0.2) is 4.79 Å². The van der Waals surface area contributed by atoms with Crippen LogP contribution in [0.15, 0.2) is 11.6 Å². The Labute approximate surface area is 145 Å². The molecule has 8 heteroatoms. The highest BCUT2D eigenvalue weighted by molar-refractivity contribution is 8.01. The maximum Gasteiger partial charge on any atom is 0.327 e. The highest BCUT2D eigenvalue weighted by atomic mass is 32.2. The van der Waals surface area contributed by atoms with Gasteiger partial charge in [0.25, 0.3) is 0 Å². The van der Waals surface area contributed by atoms with E-state index in [1.165, 1.54) is 16.7 Å². The van der Waals surface area contributed by atoms with E-state index in [-0.39, 0.29) is 17.2 Å². The minimum atomic E-state index is -1.02. The second-order valence-corrected chi connectivity index (χ2v) is 8.86. The number of fused-ring (bicyclic) bond motifs is 1. The molecule has 2 amide bonds. The molecule has 4 N–H and O–H groups in total. The summed E-state index contributed by atoms with van der Waals surface area (Å²) in [6.07, 6.45) is 5.88. The number of rotatable bonds is 4. The third kappa shape index (κ3) is 2.71. The van der Waals surface area contributed by atoms with Gasteiger partial charge in [0.2, 0.25) is 11.8 Å². The van der Waals surface area contributed by atoms with Gasteiger partial charge in [0, 0.05) is 4.75 Å². The number of carbonyl (C=O) groups excluding carboxylic acids is 2. The average molecular weight is 353 g/mol. The van der Waals surface area contributed by atoms with Crippen molar-refractivity contribution in [2.24, 2.45) is 5.73 Å². The number of nitrogens with one attached hydrogen (secondary N) is 1. The Morgan fingerprint density at radius 1 is 1.46 bits per heavy atom. The fourth-order valence-corrected chi connectivity index (χ4v) is 5.33. The quantitative estimate of drug-likeness (QED) is 0.499. The van der Waals surface area contributed by atoms with Gasteiger partial charge in [-0.2, -0.15) is 0 Å². The molecule has 1 aliphatic carbocycles. The van der Waals surface area contributed by atoms with Crippen molar-refractivity contribution in [3.05, 3.63) is 11.6 Å². The summed E-state index contributed by atoms with van der Waals surface area (Å²) in [7, 11) is 0. The van der Waals surface area contributed by atoms with Crippen LogP contribution in [0.2, 0.25) is 0 Å². The second kappa shape index (κ2) is 6.07. The number of hydrogen-bond donors (Lipinski definition) is 3. The van der Waals surface area contributed by atoms with E-state index in [0.29, 0.717) is 0 Å². The van der Waals surface area contributed by atoms with Gasteiger partial charge in [0.05, 0.1) is 0 Å². The molecule has 0 aromatic heterocycles. The van der Waals surface area contributed by atoms with Crippen LogP contribution in [0.3, 0.4) is 0 Å². The summed E-state index contributed by atoms with van der Waals surface area (Å²) in [5.41, 5.74) is 6.95. The lowest BCUT2D eigenvalue weighted by Gasteiger charge is -2.43. The van der Waals surface area contributed by atoms with Crippen molar-refractivity contribution in [1.29, 1.82) is 0 Å². The van der Waals surface area contributed by atoms with Gasteiger partial charge < -0.3 is 21.1 Å². The Balaban J connectivity index is 1.67. The molecule has 2 saturated heterocycles. The van der Waals surface area contributed by atoms with E-state index in [0.717, 1.165) is 31.3 Å². The van der Waals surface area contributed by atoms with Gasteiger partial charge in [-0.1, -0.05) is 6.08 Å². The average Bonchev–Trinajstić information content (AvgIpc) is 2.80. The molecule has 3 rings (SSSR count). The Kier molecular flexibility index (Phi) is 4.37. The van der Waals surface area contributed by atoms with E-state index in [1.54, 1.807) is 13.8 Å². The first-order valence-corrected chi connectivity index (χ1v) is 9.09. The van der Waals surface area contributed by atoms with E-state index in [1.807, 2.05) is 6.08 Å². The molecule has 132 valence electrons. The van der Waals surface area contributed by atoms with Crippen molar-refractivity contribution in [2.75, 3.05) is 0 Å². The number of allylic oxidation sites excluding steroid dienone is 1. The summed E-state index contributed by atoms with van der Waals surface area (Å²) < 4.78 is -0.598. The van der Waals surface area contributed by atoms with Crippen molar-refractivity contribution >= 4 is 29.5 Å². The van der Waals surface area contributed by atoms with Gasteiger partial charge in [-0.3, -0.25) is 9.59 Å². The summed E-state index contributed by atoms with van der Waals surface area (Å²) in [4.78, 5) is 37.6. The van der Waals surface area contributed by atoms with Crippen LogP contribution in [-0.2, 0) is 14.4 Å². The number of hydrogen-bond acceptors (Lipinski definition) is 5. The van der Waals surface area contributed by atoms with Crippen molar-refractivity contribution in [3.8, 4) is 0 Å². The summed E-state index contributed by atoms with van der Waals surface area (Å²) in [5.74, 6) is -1.72. The van der Waals surface area contributed by atoms with E-state index in [2.05, 4.69) is 5.32 Å². The molecule has 24 heavy (non-hydrogen) atoms. The highest BCUT2D eigenvalue weighted by Crippen LogP contribution is 2.50. The number of amides is 2. The molecule has 4 atom stereocenters. The van der Waals surface area contributed by atoms with Crippen molar-refractivity contribution in [1.82, 2.24) is 10.2 Å². The van der Waals surface area contributed by atoms with Gasteiger partial charge in [0.15, 0.2) is 0 Å². The third-order valence-electron chi connectivity index (χ3n) is 4.98. The molecule has 2 aliphatic heterocycles. The summed E-state index contributed by atoms with van der Waals surface area (Å²) in [6.45, 7) is 3.61. The Hall–Kier alpha value is -1.54. The first-order valence-electron chi connectivity index (χ1n) is 8.22. The number of β-lactam (4-membered cyclic amide) rings is 1. The second-order valence-electron chi connectivity index (χ2n) is 7.09. The largest absolute Gasteiger partial charge is 0.480 e. The molecule has 0 bridgehead atoms. The molecule has 3 aliphatic rings. The molecule has 2 heterocycles. The molecule has 1 unspecified atom stereocenters. The Bertz CT molecular complexity index is 618. The molecule has 0 saturated carbocycles. The zero-order valence-corrected chi connectivity index (χ0v) is 14.6. The lowest BCUT2D eigenvalue weighted by atomic mass is 9.93. The van der Waals surface area contributed by atoms with Crippen molar-refractivity contribution < 1.29 is 19.5 Å². The van der Waals surface area contributed by atoms with Gasteiger partial charge in [-0.15, -0.1) is 11.8 Å². The number of carbonyl (C=O) groups is 3. The van der Waals surface area contributed by atoms with Gasteiger partial charge in [-0.05, 0) is 45.1 Å². The third-order valence-corrected chi connectivity index (χ3v) is 6.55. The summed E-state index contributed by atoms with van der Waals surface area (Å²) in [6, 6.07) is -2.30. The van der Waals surface area contributed by atoms with Crippen LogP contribution in [-0.4, -0.2) is 56.0 Å². The lowest BCUT2D eigenvalue weighted by molar-refractivity contribution is -0.161. The maximum absolute atomic E-state index is 12.4. The molecule has 2 fully saturated rings. The maximum atomic E-state index is 12.4. The standard InChI is InChI=1S/C16H23N3O4S/c1-16(2)11(15(22)23)19-13(21)10(14(19)24-16)18-12(20)9(17)8-6-4-3-5-7-8/h6,9-11,14H,3-5,7,17H2,1-2H3,(H,18,20)(H,22,23)/t9?,10-,11+,14-/m1/s1. The normalized spacial score (nSPS) is 32.5. The van der Waals surface area contributed by atoms with Gasteiger partial charge >= 0.3 is 5.97 Å². The predicted octanol–water partition coefficient (Wildman–Crippen LogP) is 0.446. The molecular formula is C16H23N3O4S. The zero-order valence-electron chi connectivity index (χ0n) is 13.8. The first-order chi connectivity index (χ1) is 11.2. The number of nitrogens with two attached hydrogens (primary N) is 1. The number of carboxylic acid groups (broad SMARTS) is 1. The number of aliphatic carboxylic acids is 1. The Morgan fingerprint density at radius 2 is 2.17 bits per heavy atom. The van der Waals surface area contributed by atoms with Crippen LogP contribution in [0, 0.1) is 0 Å². The fraction of sp³-hybridized carbons (Fsp3) is 0.688. The van der Waals surface area contributed by atoms with Crippen LogP contribution in [0.1, 0.15) is 39.5 Å². The topological polar surface area (TPSA) is 113 Å².